The molecule has 6 heteroatoms. The van der Waals surface area contributed by atoms with Gasteiger partial charge in [-0.05, 0) is 12.3 Å². The molecular weight excluding hydrogens is 202 g/mol. The van der Waals surface area contributed by atoms with E-state index in [0.29, 0.717) is 23.7 Å². The largest absolute Gasteiger partial charge is 0.368 e. The highest BCUT2D eigenvalue weighted by atomic mass is 35.5. The molecule has 76 valence electrons. The lowest BCUT2D eigenvalue weighted by molar-refractivity contribution is 0.896. The van der Waals surface area contributed by atoms with Gasteiger partial charge in [0.15, 0.2) is 5.82 Å². The van der Waals surface area contributed by atoms with Crippen molar-refractivity contribution in [3.63, 3.8) is 0 Å². The van der Waals surface area contributed by atoms with E-state index in [-0.39, 0.29) is 11.8 Å². The van der Waals surface area contributed by atoms with Gasteiger partial charge >= 0.3 is 0 Å². The summed E-state index contributed by atoms with van der Waals surface area (Å²) in [5.74, 6) is 2.19. The smallest absolute Gasteiger partial charge is 0.228 e. The van der Waals surface area contributed by atoms with Crippen LogP contribution in [0.1, 0.15) is 19.2 Å². The summed E-state index contributed by atoms with van der Waals surface area (Å²) in [5.41, 5.74) is 5.50. The van der Waals surface area contributed by atoms with Crippen LogP contribution in [0.2, 0.25) is 0 Å². The quantitative estimate of drug-likeness (QED) is 0.733. The molecule has 1 aliphatic rings. The summed E-state index contributed by atoms with van der Waals surface area (Å²) in [7, 11) is 0. The summed E-state index contributed by atoms with van der Waals surface area (Å²) < 4.78 is 0. The molecule has 0 spiro atoms. The van der Waals surface area contributed by atoms with Gasteiger partial charge in [-0.15, -0.1) is 11.6 Å². The normalized spacial score (nSPS) is 24.7. The molecule has 2 rings (SSSR count). The summed E-state index contributed by atoms with van der Waals surface area (Å²) in [6.45, 7) is 2.17. The van der Waals surface area contributed by atoms with Crippen LogP contribution in [0.5, 0.6) is 0 Å². The number of nitrogen functional groups attached to an aromatic ring is 1. The number of nitrogens with two attached hydrogens (primary N) is 1. The number of halogens is 1. The standard InChI is InChI=1S/C8H12ClN5/c1-4-2-5(4)11-8-13-6(3-9)12-7(10)14-8/h4-5H,2-3H2,1H3,(H3,10,11,12,13,14). The minimum atomic E-state index is 0.214. The number of alkyl halides is 1. The molecule has 2 atom stereocenters. The van der Waals surface area contributed by atoms with Gasteiger partial charge in [-0.1, -0.05) is 6.92 Å². The fourth-order valence-corrected chi connectivity index (χ4v) is 1.37. The third-order valence-electron chi connectivity index (χ3n) is 2.24. The molecule has 5 nitrogen and oxygen atoms in total. The van der Waals surface area contributed by atoms with Gasteiger partial charge in [0, 0.05) is 6.04 Å². The van der Waals surface area contributed by atoms with Crippen molar-refractivity contribution < 1.29 is 0 Å². The van der Waals surface area contributed by atoms with Crippen LogP contribution >= 0.6 is 11.6 Å². The van der Waals surface area contributed by atoms with Crippen molar-refractivity contribution in [3.05, 3.63) is 5.82 Å². The molecule has 14 heavy (non-hydrogen) atoms. The van der Waals surface area contributed by atoms with Crippen LogP contribution in [0.25, 0.3) is 0 Å². The van der Waals surface area contributed by atoms with E-state index in [1.54, 1.807) is 0 Å². The van der Waals surface area contributed by atoms with Crippen LogP contribution in [0.4, 0.5) is 11.9 Å². The molecule has 1 saturated carbocycles. The Morgan fingerprint density at radius 3 is 2.79 bits per heavy atom. The van der Waals surface area contributed by atoms with Crippen molar-refractivity contribution in [1.29, 1.82) is 0 Å². The van der Waals surface area contributed by atoms with Crippen LogP contribution < -0.4 is 11.1 Å². The van der Waals surface area contributed by atoms with E-state index in [2.05, 4.69) is 27.2 Å². The minimum absolute atomic E-state index is 0.214. The number of hydrogen-bond donors (Lipinski definition) is 2. The maximum absolute atomic E-state index is 5.62. The average molecular weight is 214 g/mol. The zero-order valence-corrected chi connectivity index (χ0v) is 8.62. The van der Waals surface area contributed by atoms with E-state index >= 15 is 0 Å². The summed E-state index contributed by atoms with van der Waals surface area (Å²) in [6.07, 6.45) is 1.15. The van der Waals surface area contributed by atoms with Crippen molar-refractivity contribution in [2.24, 2.45) is 5.92 Å². The van der Waals surface area contributed by atoms with Gasteiger partial charge in [0.1, 0.15) is 0 Å². The molecule has 0 bridgehead atoms. The van der Waals surface area contributed by atoms with E-state index in [1.807, 2.05) is 0 Å². The highest BCUT2D eigenvalue weighted by molar-refractivity contribution is 6.16. The van der Waals surface area contributed by atoms with Crippen LogP contribution in [-0.4, -0.2) is 21.0 Å². The summed E-state index contributed by atoms with van der Waals surface area (Å²) >= 11 is 5.62. The van der Waals surface area contributed by atoms with Crippen LogP contribution in [-0.2, 0) is 5.88 Å². The lowest BCUT2D eigenvalue weighted by Crippen LogP contribution is -2.11. The van der Waals surface area contributed by atoms with Crippen molar-refractivity contribution in [3.8, 4) is 0 Å². The second-order valence-corrected chi connectivity index (χ2v) is 3.80. The molecule has 3 N–H and O–H groups in total. The SMILES string of the molecule is CC1CC1Nc1nc(N)nc(CCl)n1. The number of nitrogens with one attached hydrogen (secondary N) is 1. The molecule has 0 radical (unpaired) electrons. The van der Waals surface area contributed by atoms with Gasteiger partial charge < -0.3 is 11.1 Å². The first-order chi connectivity index (χ1) is 6.69. The van der Waals surface area contributed by atoms with Crippen molar-refractivity contribution in [1.82, 2.24) is 15.0 Å². The zero-order valence-electron chi connectivity index (χ0n) is 7.87. The van der Waals surface area contributed by atoms with Gasteiger partial charge in [0.25, 0.3) is 0 Å². The number of anilines is 2. The number of rotatable bonds is 3. The third-order valence-corrected chi connectivity index (χ3v) is 2.48. The first-order valence-electron chi connectivity index (χ1n) is 4.52. The van der Waals surface area contributed by atoms with Gasteiger partial charge in [0.05, 0.1) is 5.88 Å². The molecule has 0 amide bonds. The zero-order chi connectivity index (χ0) is 10.1. The highest BCUT2D eigenvalue weighted by Crippen LogP contribution is 2.31. The van der Waals surface area contributed by atoms with Gasteiger partial charge in [0.2, 0.25) is 11.9 Å². The van der Waals surface area contributed by atoms with Gasteiger partial charge in [-0.2, -0.15) is 15.0 Å². The second kappa shape index (κ2) is 3.57. The molecule has 1 fully saturated rings. The predicted molar refractivity (Wildman–Crippen MR) is 55.0 cm³/mol. The fraction of sp³-hybridized carbons (Fsp3) is 0.625. The Balaban J connectivity index is 2.12. The Hall–Kier alpha value is -1.10. The molecule has 0 saturated heterocycles. The molecule has 0 aromatic carbocycles. The Bertz CT molecular complexity index is 343. The third kappa shape index (κ3) is 2.04. The predicted octanol–water partition coefficient (Wildman–Crippen LogP) is 1.01. The number of aromatic nitrogens is 3. The highest BCUT2D eigenvalue weighted by Gasteiger charge is 2.33. The van der Waals surface area contributed by atoms with Crippen LogP contribution in [0.15, 0.2) is 0 Å². The summed E-state index contributed by atoms with van der Waals surface area (Å²) in [6, 6.07) is 0.472. The topological polar surface area (TPSA) is 76.7 Å². The van der Waals surface area contributed by atoms with E-state index in [4.69, 9.17) is 17.3 Å². The number of hydrogen-bond acceptors (Lipinski definition) is 5. The fourth-order valence-electron chi connectivity index (χ4n) is 1.25. The summed E-state index contributed by atoms with van der Waals surface area (Å²) in [4.78, 5) is 12.0. The molecule has 1 heterocycles. The molecule has 1 aromatic heterocycles. The number of nitrogens with zero attached hydrogens (tertiary/aromatic N) is 3. The molecule has 2 unspecified atom stereocenters. The monoisotopic (exact) mass is 213 g/mol. The molecule has 0 aliphatic heterocycles. The van der Waals surface area contributed by atoms with Crippen LogP contribution in [0, 0.1) is 5.92 Å². The van der Waals surface area contributed by atoms with Crippen molar-refractivity contribution >= 4 is 23.5 Å². The Labute approximate surface area is 87.1 Å². The summed E-state index contributed by atoms with van der Waals surface area (Å²) in [5, 5.41) is 3.18. The van der Waals surface area contributed by atoms with Crippen molar-refractivity contribution in [2.45, 2.75) is 25.3 Å². The van der Waals surface area contributed by atoms with Gasteiger partial charge in [-0.3, -0.25) is 0 Å². The Morgan fingerprint density at radius 2 is 2.21 bits per heavy atom. The lowest BCUT2D eigenvalue weighted by atomic mass is 10.5. The lowest BCUT2D eigenvalue weighted by Gasteiger charge is -2.04. The molecular formula is C8H12ClN5. The average Bonchev–Trinajstić information content (AvgIpc) is 2.80. The minimum Gasteiger partial charge on any atom is -0.368 e. The molecule has 1 aliphatic carbocycles. The molecule has 1 aromatic rings. The first kappa shape index (κ1) is 9.45. The maximum Gasteiger partial charge on any atom is 0.228 e. The Morgan fingerprint density at radius 1 is 1.50 bits per heavy atom. The van der Waals surface area contributed by atoms with E-state index in [1.165, 1.54) is 0 Å². The van der Waals surface area contributed by atoms with Crippen molar-refractivity contribution in [2.75, 3.05) is 11.1 Å². The van der Waals surface area contributed by atoms with E-state index < -0.39 is 0 Å². The maximum atomic E-state index is 5.62. The first-order valence-corrected chi connectivity index (χ1v) is 5.05. The van der Waals surface area contributed by atoms with Gasteiger partial charge in [-0.25, -0.2) is 0 Å². The van der Waals surface area contributed by atoms with E-state index in [0.717, 1.165) is 6.42 Å². The second-order valence-electron chi connectivity index (χ2n) is 3.53. The van der Waals surface area contributed by atoms with Crippen LogP contribution in [0.3, 0.4) is 0 Å². The Kier molecular flexibility index (Phi) is 2.41. The van der Waals surface area contributed by atoms with E-state index in [9.17, 15) is 0 Å².